The molecule has 29 heavy (non-hydrogen) atoms. The van der Waals surface area contributed by atoms with Gasteiger partial charge in [-0.05, 0) is 31.2 Å². The molecule has 1 N–H and O–H groups in total. The van der Waals surface area contributed by atoms with Gasteiger partial charge < -0.3 is 14.6 Å². The Morgan fingerprint density at radius 2 is 1.97 bits per heavy atom. The molecular formula is C20H14ClF3N2O3. The van der Waals surface area contributed by atoms with Gasteiger partial charge in [0, 0.05) is 6.20 Å². The maximum atomic E-state index is 13.2. The lowest BCUT2D eigenvalue weighted by atomic mass is 10.1. The molecular weight excluding hydrogens is 409 g/mol. The number of nitrogens with zero attached hydrogens (tertiary/aromatic N) is 1. The van der Waals surface area contributed by atoms with Crippen LogP contribution in [0, 0.1) is 0 Å². The highest BCUT2D eigenvalue weighted by molar-refractivity contribution is 6.35. The third kappa shape index (κ3) is 3.33. The number of carbonyl (C=O) groups excluding carboxylic acids is 1. The minimum atomic E-state index is -4.65. The van der Waals surface area contributed by atoms with Crippen molar-refractivity contribution >= 4 is 34.1 Å². The molecule has 1 aliphatic heterocycles. The largest absolute Gasteiger partial charge is 0.487 e. The van der Waals surface area contributed by atoms with Crippen molar-refractivity contribution in [1.82, 2.24) is 4.57 Å². The summed E-state index contributed by atoms with van der Waals surface area (Å²) in [6, 6.07) is 7.69. The van der Waals surface area contributed by atoms with Gasteiger partial charge in [0.15, 0.2) is 0 Å². The van der Waals surface area contributed by atoms with Gasteiger partial charge in [-0.2, -0.15) is 13.2 Å². The molecule has 9 heteroatoms. The predicted octanol–water partition coefficient (Wildman–Crippen LogP) is 4.71. The molecule has 150 valence electrons. The van der Waals surface area contributed by atoms with E-state index in [9.17, 15) is 22.8 Å². The van der Waals surface area contributed by atoms with Crippen LogP contribution < -0.4 is 15.5 Å². The fourth-order valence-electron chi connectivity index (χ4n) is 3.42. The van der Waals surface area contributed by atoms with Crippen molar-refractivity contribution in [2.24, 2.45) is 0 Å². The maximum absolute atomic E-state index is 13.2. The molecule has 0 fully saturated rings. The van der Waals surface area contributed by atoms with E-state index in [4.69, 9.17) is 16.3 Å². The number of halogens is 4. The van der Waals surface area contributed by atoms with Gasteiger partial charge in [-0.3, -0.25) is 9.59 Å². The molecule has 5 nitrogen and oxygen atoms in total. The van der Waals surface area contributed by atoms with Crippen molar-refractivity contribution in [2.45, 2.75) is 25.7 Å². The van der Waals surface area contributed by atoms with Crippen LogP contribution in [0.5, 0.6) is 5.75 Å². The molecule has 0 saturated heterocycles. The van der Waals surface area contributed by atoms with E-state index in [0.717, 1.165) is 12.1 Å². The van der Waals surface area contributed by atoms with Crippen LogP contribution in [-0.2, 0) is 12.7 Å². The van der Waals surface area contributed by atoms with Gasteiger partial charge in [0.2, 0.25) is 5.43 Å². The summed E-state index contributed by atoms with van der Waals surface area (Å²) in [6.07, 6.45) is -3.55. The van der Waals surface area contributed by atoms with Crippen LogP contribution in [0.4, 0.5) is 18.9 Å². The average molecular weight is 423 g/mol. The Balaban J connectivity index is 1.84. The molecule has 0 spiro atoms. The van der Waals surface area contributed by atoms with Gasteiger partial charge >= 0.3 is 6.18 Å². The van der Waals surface area contributed by atoms with Crippen molar-refractivity contribution < 1.29 is 22.7 Å². The molecule has 0 radical (unpaired) electrons. The predicted molar refractivity (Wildman–Crippen MR) is 103 cm³/mol. The summed E-state index contributed by atoms with van der Waals surface area (Å²) in [5.41, 5.74) is -1.96. The molecule has 4 rings (SSSR count). The van der Waals surface area contributed by atoms with Crippen LogP contribution in [0.25, 0.3) is 10.9 Å². The molecule has 1 aromatic heterocycles. The number of carbonyl (C=O) groups is 1. The molecule has 0 bridgehead atoms. The number of rotatable bonds is 2. The summed E-state index contributed by atoms with van der Waals surface area (Å²) in [5.74, 6) is -0.493. The number of nitrogens with one attached hydrogen (secondary N) is 1. The Morgan fingerprint density at radius 1 is 1.24 bits per heavy atom. The van der Waals surface area contributed by atoms with Crippen molar-refractivity contribution in [3.05, 3.63) is 69.0 Å². The van der Waals surface area contributed by atoms with Crippen LogP contribution in [0.1, 0.15) is 22.8 Å². The summed E-state index contributed by atoms with van der Waals surface area (Å²) in [6.45, 7) is 2.17. The molecule has 1 aliphatic rings. The van der Waals surface area contributed by atoms with Gasteiger partial charge in [0.1, 0.15) is 17.4 Å². The summed E-state index contributed by atoms with van der Waals surface area (Å²) < 4.78 is 47.0. The second kappa shape index (κ2) is 6.81. The van der Waals surface area contributed by atoms with E-state index in [-0.39, 0.29) is 22.1 Å². The average Bonchev–Trinajstić information content (AvgIpc) is 2.65. The highest BCUT2D eigenvalue weighted by atomic mass is 35.5. The Hall–Kier alpha value is -3.00. The highest BCUT2D eigenvalue weighted by Gasteiger charge is 2.34. The Labute approximate surface area is 167 Å². The third-order valence-corrected chi connectivity index (χ3v) is 4.96. The summed E-state index contributed by atoms with van der Waals surface area (Å²) >= 11 is 6.20. The molecule has 1 amide bonds. The fraction of sp³-hybridized carbons (Fsp3) is 0.200. The van der Waals surface area contributed by atoms with Crippen molar-refractivity contribution in [2.75, 3.05) is 5.32 Å². The highest BCUT2D eigenvalue weighted by Crippen LogP contribution is 2.36. The van der Waals surface area contributed by atoms with Gasteiger partial charge in [0.05, 0.1) is 33.7 Å². The molecule has 0 saturated carbocycles. The smallest absolute Gasteiger partial charge is 0.418 e. The third-order valence-electron chi connectivity index (χ3n) is 4.64. The van der Waals surface area contributed by atoms with Gasteiger partial charge in [-0.25, -0.2) is 0 Å². The second-order valence-electron chi connectivity index (χ2n) is 6.72. The minimum absolute atomic E-state index is 0.0906. The molecule has 2 aromatic carbocycles. The number of hydrogen-bond acceptors (Lipinski definition) is 3. The van der Waals surface area contributed by atoms with E-state index < -0.39 is 28.8 Å². The Bertz CT molecular complexity index is 1200. The fourth-order valence-corrected chi connectivity index (χ4v) is 3.66. The number of aromatic nitrogens is 1. The van der Waals surface area contributed by atoms with Gasteiger partial charge in [0.25, 0.3) is 5.91 Å². The zero-order valence-corrected chi connectivity index (χ0v) is 15.8. The summed E-state index contributed by atoms with van der Waals surface area (Å²) in [7, 11) is 0. The molecule has 3 aromatic rings. The molecule has 0 aliphatic carbocycles. The normalized spacial score (nSPS) is 15.8. The monoisotopic (exact) mass is 422 g/mol. The first-order chi connectivity index (χ1) is 13.7. The second-order valence-corrected chi connectivity index (χ2v) is 7.13. The molecule has 0 unspecified atom stereocenters. The number of amides is 1. The Morgan fingerprint density at radius 3 is 2.69 bits per heavy atom. The van der Waals surface area contributed by atoms with Crippen molar-refractivity contribution in [3.8, 4) is 5.75 Å². The summed E-state index contributed by atoms with van der Waals surface area (Å²) in [4.78, 5) is 25.7. The number of alkyl halides is 3. The maximum Gasteiger partial charge on any atom is 0.418 e. The minimum Gasteiger partial charge on any atom is -0.487 e. The van der Waals surface area contributed by atoms with Crippen LogP contribution in [0.15, 0.2) is 47.4 Å². The first-order valence-electron chi connectivity index (χ1n) is 8.66. The van der Waals surface area contributed by atoms with Crippen LogP contribution in [0.2, 0.25) is 5.02 Å². The zero-order valence-electron chi connectivity index (χ0n) is 15.0. The van der Waals surface area contributed by atoms with E-state index in [0.29, 0.717) is 17.8 Å². The number of anilines is 1. The number of para-hydroxylation sites is 1. The lowest BCUT2D eigenvalue weighted by Gasteiger charge is -2.26. The quantitative estimate of drug-likeness (QED) is 0.650. The van der Waals surface area contributed by atoms with Crippen LogP contribution >= 0.6 is 11.6 Å². The van der Waals surface area contributed by atoms with E-state index in [1.54, 1.807) is 10.6 Å². The molecule has 1 atom stereocenters. The standard InChI is InChI=1S/C20H14ClF3N2O3/c1-10-8-26-9-11(18(27)16-13(21)6-7-15(29-10)17(16)26)19(28)25-14-5-3-2-4-12(14)20(22,23)24/h2-7,9-10H,8H2,1H3,(H,25,28)/t10-/m1/s1. The lowest BCUT2D eigenvalue weighted by molar-refractivity contribution is -0.136. The number of benzene rings is 2. The zero-order chi connectivity index (χ0) is 20.9. The van der Waals surface area contributed by atoms with Crippen LogP contribution in [0.3, 0.4) is 0 Å². The van der Waals surface area contributed by atoms with E-state index >= 15 is 0 Å². The topological polar surface area (TPSA) is 60.3 Å². The van der Waals surface area contributed by atoms with Gasteiger partial charge in [-0.1, -0.05) is 23.7 Å². The van der Waals surface area contributed by atoms with Crippen molar-refractivity contribution in [3.63, 3.8) is 0 Å². The van der Waals surface area contributed by atoms with Crippen LogP contribution in [-0.4, -0.2) is 16.6 Å². The number of pyridine rings is 1. The first-order valence-corrected chi connectivity index (χ1v) is 9.04. The number of ether oxygens (including phenoxy) is 1. The van der Waals surface area contributed by atoms with Gasteiger partial charge in [-0.15, -0.1) is 0 Å². The summed E-state index contributed by atoms with van der Waals surface area (Å²) in [5, 5.41) is 2.43. The van der Waals surface area contributed by atoms with Crippen molar-refractivity contribution in [1.29, 1.82) is 0 Å². The Kier molecular flexibility index (Phi) is 4.53. The number of hydrogen-bond donors (Lipinski definition) is 1. The van der Waals surface area contributed by atoms with E-state index in [2.05, 4.69) is 5.32 Å². The van der Waals surface area contributed by atoms with E-state index in [1.165, 1.54) is 24.4 Å². The first kappa shape index (κ1) is 19.3. The molecule has 2 heterocycles. The SMILES string of the molecule is C[C@@H]1Cn2cc(C(=O)Nc3ccccc3C(F)(F)F)c(=O)c3c(Cl)ccc(c32)O1. The van der Waals surface area contributed by atoms with E-state index in [1.807, 2.05) is 6.92 Å². The lowest BCUT2D eigenvalue weighted by Crippen LogP contribution is -2.30.